The Morgan fingerprint density at radius 2 is 1.30 bits per heavy atom. The van der Waals surface area contributed by atoms with E-state index in [0.29, 0.717) is 17.5 Å². The topological polar surface area (TPSA) is 115 Å². The molecule has 2 aliphatic carbocycles. The van der Waals surface area contributed by atoms with Crippen LogP contribution >= 0.6 is 0 Å². The molecule has 6 aromatic heterocycles. The number of aryl methyl sites for hydroxylation is 1. The molecule has 0 saturated heterocycles. The molecule has 6 heterocycles. The van der Waals surface area contributed by atoms with E-state index >= 15 is 0 Å². The molecule has 0 bridgehead atoms. The number of aromatic nitrogens is 8. The Morgan fingerprint density at radius 1 is 0.717 bits per heavy atom. The monoisotopic (exact) mass is 634 g/mol. The van der Waals surface area contributed by atoms with E-state index in [-0.39, 0.29) is 4.90 Å². The normalized spacial score (nSPS) is 16.8. The van der Waals surface area contributed by atoms with Crippen molar-refractivity contribution >= 4 is 43.6 Å². The van der Waals surface area contributed by atoms with Gasteiger partial charge in [-0.15, -0.1) is 0 Å². The molecule has 236 valence electrons. The Hall–Kier alpha value is -4.51. The summed E-state index contributed by atoms with van der Waals surface area (Å²) >= 11 is 0. The molecule has 46 heavy (non-hydrogen) atoms. The number of fused-ring (bicyclic) bond motifs is 6. The van der Waals surface area contributed by atoms with Gasteiger partial charge in [0.2, 0.25) is 0 Å². The molecule has 2 aliphatic rings. The lowest BCUT2D eigenvalue weighted by molar-refractivity contribution is 0.438. The van der Waals surface area contributed by atoms with E-state index in [1.165, 1.54) is 73.9 Å². The molecule has 2 fully saturated rings. The van der Waals surface area contributed by atoms with Crippen LogP contribution in [0.3, 0.4) is 0 Å². The first kappa shape index (κ1) is 28.9. The summed E-state index contributed by atoms with van der Waals surface area (Å²) in [5, 5.41) is 0. The van der Waals surface area contributed by atoms with Crippen molar-refractivity contribution < 1.29 is 8.42 Å². The smallest absolute Gasteiger partial charge is 0.269 e. The minimum Gasteiger partial charge on any atom is -0.345 e. The molecular formula is C35H38N8O2S. The molecule has 0 amide bonds. The molecule has 0 unspecified atom stereocenters. The molecule has 0 spiro atoms. The molecule has 1 N–H and O–H groups in total. The maximum atomic E-state index is 13.1. The molecule has 10 nitrogen and oxygen atoms in total. The van der Waals surface area contributed by atoms with Gasteiger partial charge >= 0.3 is 0 Å². The van der Waals surface area contributed by atoms with Crippen molar-refractivity contribution in [2.45, 2.75) is 87.9 Å². The number of nitrogens with one attached hydrogen (secondary N) is 1. The predicted octanol–water partition coefficient (Wildman–Crippen LogP) is 7.54. The fourth-order valence-corrected chi connectivity index (χ4v) is 8.50. The van der Waals surface area contributed by atoms with Gasteiger partial charge in [0, 0.05) is 36.6 Å². The first-order chi connectivity index (χ1) is 22.5. The minimum atomic E-state index is -3.70. The summed E-state index contributed by atoms with van der Waals surface area (Å²) in [5.74, 6) is 1.13. The number of nitrogens with zero attached hydrogens (tertiary/aromatic N) is 7. The second kappa shape index (κ2) is 11.7. The molecule has 0 radical (unpaired) electrons. The van der Waals surface area contributed by atoms with Crippen LogP contribution in [0.25, 0.3) is 33.6 Å². The van der Waals surface area contributed by atoms with Crippen molar-refractivity contribution in [1.82, 2.24) is 37.7 Å². The van der Waals surface area contributed by atoms with E-state index < -0.39 is 10.0 Å². The highest BCUT2D eigenvalue weighted by Crippen LogP contribution is 2.34. The second-order valence-electron chi connectivity index (χ2n) is 12.8. The molecule has 0 aliphatic heterocycles. The third kappa shape index (κ3) is 5.16. The molecular weight excluding hydrogens is 597 g/mol. The number of hydrogen-bond acceptors (Lipinski definition) is 6. The summed E-state index contributed by atoms with van der Waals surface area (Å²) in [7, 11) is -3.70. The average Bonchev–Trinajstić information content (AvgIpc) is 3.90. The van der Waals surface area contributed by atoms with Crippen LogP contribution in [0.4, 0.5) is 0 Å². The zero-order chi connectivity index (χ0) is 31.3. The van der Waals surface area contributed by atoms with Crippen LogP contribution in [0, 0.1) is 6.92 Å². The Labute approximate surface area is 267 Å². The van der Waals surface area contributed by atoms with E-state index in [2.05, 4.69) is 37.8 Å². The highest BCUT2D eigenvalue weighted by atomic mass is 32.2. The maximum absolute atomic E-state index is 13.1. The third-order valence-corrected chi connectivity index (χ3v) is 11.4. The lowest BCUT2D eigenvalue weighted by Crippen LogP contribution is -2.12. The van der Waals surface area contributed by atoms with Gasteiger partial charge in [0.05, 0.1) is 39.7 Å². The lowest BCUT2D eigenvalue weighted by Gasteiger charge is -2.19. The first-order valence-corrected chi connectivity index (χ1v) is 17.9. The van der Waals surface area contributed by atoms with Crippen LogP contribution in [-0.4, -0.2) is 46.1 Å². The van der Waals surface area contributed by atoms with E-state index in [0.717, 1.165) is 39.2 Å². The van der Waals surface area contributed by atoms with Gasteiger partial charge in [-0.05, 0) is 56.9 Å². The largest absolute Gasteiger partial charge is 0.345 e. The number of benzene rings is 1. The van der Waals surface area contributed by atoms with E-state index in [1.807, 2.05) is 23.7 Å². The summed E-state index contributed by atoms with van der Waals surface area (Å²) in [6.07, 6.45) is 24.0. The van der Waals surface area contributed by atoms with Gasteiger partial charge in [0.25, 0.3) is 10.0 Å². The van der Waals surface area contributed by atoms with Crippen LogP contribution in [0.15, 0.2) is 78.5 Å². The van der Waals surface area contributed by atoms with E-state index in [4.69, 9.17) is 9.97 Å². The fraction of sp³-hybridized carbons (Fsp3) is 0.371. The van der Waals surface area contributed by atoms with Gasteiger partial charge < -0.3 is 4.98 Å². The molecule has 11 heteroatoms. The van der Waals surface area contributed by atoms with E-state index in [9.17, 15) is 8.42 Å². The number of aromatic amines is 1. The summed E-state index contributed by atoms with van der Waals surface area (Å²) in [5.41, 5.74) is 8.28. The first-order valence-electron chi connectivity index (χ1n) is 16.4. The van der Waals surface area contributed by atoms with Crippen molar-refractivity contribution in [1.29, 1.82) is 0 Å². The van der Waals surface area contributed by atoms with Gasteiger partial charge in [-0.2, -0.15) is 0 Å². The molecule has 1 aromatic carbocycles. The zero-order valence-electron chi connectivity index (χ0n) is 26.0. The van der Waals surface area contributed by atoms with Gasteiger partial charge in [0.1, 0.15) is 0 Å². The molecule has 0 atom stereocenters. The van der Waals surface area contributed by atoms with Gasteiger partial charge in [0.15, 0.2) is 22.6 Å². The Bertz CT molecular complexity index is 2260. The lowest BCUT2D eigenvalue weighted by atomic mass is 9.87. The van der Waals surface area contributed by atoms with Gasteiger partial charge in [-0.3, -0.25) is 8.80 Å². The Morgan fingerprint density at radius 3 is 1.93 bits per heavy atom. The summed E-state index contributed by atoms with van der Waals surface area (Å²) < 4.78 is 31.6. The standard InChI is InChI=1S/C21H22N4O2S.C14H16N4/c1-15-7-9-17(10-8-15)28(26,27)25-12-11-19-21(25)22-13-20-23-18(14-24(19)20)16-5-3-2-4-6-16;1-2-4-10(5-3-1)11-9-18-12-6-7-15-14(12)16-8-13(18)17-11/h7-14,16H,2-6H2,1H3;6-10,15H,1-5H2. The number of H-pyrrole nitrogens is 1. The molecule has 2 saturated carbocycles. The Balaban J connectivity index is 0.000000149. The van der Waals surface area contributed by atoms with Crippen molar-refractivity contribution in [2.75, 3.05) is 0 Å². The van der Waals surface area contributed by atoms with Crippen molar-refractivity contribution in [3.63, 3.8) is 0 Å². The van der Waals surface area contributed by atoms with E-state index in [1.54, 1.807) is 42.7 Å². The van der Waals surface area contributed by atoms with Crippen molar-refractivity contribution in [3.05, 3.63) is 90.5 Å². The summed E-state index contributed by atoms with van der Waals surface area (Å²) in [6.45, 7) is 1.93. The predicted molar refractivity (Wildman–Crippen MR) is 179 cm³/mol. The van der Waals surface area contributed by atoms with Crippen molar-refractivity contribution in [2.24, 2.45) is 0 Å². The van der Waals surface area contributed by atoms with Crippen LogP contribution in [0.5, 0.6) is 0 Å². The number of rotatable bonds is 4. The quantitative estimate of drug-likeness (QED) is 0.214. The highest BCUT2D eigenvalue weighted by Gasteiger charge is 2.23. The zero-order valence-corrected chi connectivity index (χ0v) is 26.8. The SMILES string of the molecule is Cc1ccc(S(=O)(=O)n2ccc3c2ncc2nc(C4CCCCC4)cn23)cc1.c1cc2c(ncc3nc(C4CCCCC4)cn32)[nH]1. The van der Waals surface area contributed by atoms with Gasteiger partial charge in [-0.25, -0.2) is 32.3 Å². The Kier molecular flexibility index (Phi) is 7.35. The molecule has 9 rings (SSSR count). The van der Waals surface area contributed by atoms with Crippen LogP contribution < -0.4 is 0 Å². The van der Waals surface area contributed by atoms with Crippen molar-refractivity contribution in [3.8, 4) is 0 Å². The number of imidazole rings is 2. The number of hydrogen-bond donors (Lipinski definition) is 1. The van der Waals surface area contributed by atoms with Gasteiger partial charge in [-0.1, -0.05) is 56.2 Å². The third-order valence-electron chi connectivity index (χ3n) is 9.77. The van der Waals surface area contributed by atoms with Crippen LogP contribution in [0.1, 0.15) is 93.0 Å². The highest BCUT2D eigenvalue weighted by molar-refractivity contribution is 7.90. The summed E-state index contributed by atoms with van der Waals surface area (Å²) in [4.78, 5) is 21.7. The minimum absolute atomic E-state index is 0.256. The summed E-state index contributed by atoms with van der Waals surface area (Å²) in [6, 6.07) is 10.7. The second-order valence-corrected chi connectivity index (χ2v) is 14.6. The van der Waals surface area contributed by atoms with Crippen LogP contribution in [-0.2, 0) is 10.0 Å². The fourth-order valence-electron chi connectivity index (χ4n) is 7.20. The molecule has 7 aromatic rings. The van der Waals surface area contributed by atoms with Crippen LogP contribution in [0.2, 0.25) is 0 Å². The average molecular weight is 635 g/mol. The maximum Gasteiger partial charge on any atom is 0.269 e.